The Morgan fingerprint density at radius 3 is 2.84 bits per heavy atom. The fourth-order valence-electron chi connectivity index (χ4n) is 3.18. The summed E-state index contributed by atoms with van der Waals surface area (Å²) in [5.74, 6) is 0.0564. The largest absolute Gasteiger partial charge is 0.351 e. The lowest BCUT2D eigenvalue weighted by Gasteiger charge is -2.36. The van der Waals surface area contributed by atoms with Crippen LogP contribution in [0, 0.1) is 0 Å². The molecule has 1 fully saturated rings. The molecule has 1 aliphatic rings. The maximum absolute atomic E-state index is 12.4. The van der Waals surface area contributed by atoms with Crippen molar-refractivity contribution < 1.29 is 4.79 Å². The molecule has 25 heavy (non-hydrogen) atoms. The quantitative estimate of drug-likeness (QED) is 0.845. The summed E-state index contributed by atoms with van der Waals surface area (Å²) >= 11 is 0. The number of carbonyl (C=O) groups is 1. The lowest BCUT2D eigenvalue weighted by Crippen LogP contribution is -2.49. The monoisotopic (exact) mass is 338 g/mol. The molecule has 1 atom stereocenters. The lowest BCUT2D eigenvalue weighted by molar-refractivity contribution is -0.123. The van der Waals surface area contributed by atoms with E-state index in [-0.39, 0.29) is 11.9 Å². The molecule has 0 radical (unpaired) electrons. The highest BCUT2D eigenvalue weighted by molar-refractivity contribution is 5.78. The second-order valence-corrected chi connectivity index (χ2v) is 6.42. The summed E-state index contributed by atoms with van der Waals surface area (Å²) in [6.45, 7) is 5.77. The van der Waals surface area contributed by atoms with E-state index >= 15 is 0 Å². The third-order valence-corrected chi connectivity index (χ3v) is 4.69. The number of hydrogen-bond acceptors (Lipinski definition) is 4. The molecule has 5 nitrogen and oxygen atoms in total. The van der Waals surface area contributed by atoms with Gasteiger partial charge >= 0.3 is 0 Å². The third-order valence-electron chi connectivity index (χ3n) is 4.69. The minimum atomic E-state index is 0.0564. The van der Waals surface area contributed by atoms with Gasteiger partial charge in [-0.3, -0.25) is 14.7 Å². The molecular weight excluding hydrogens is 312 g/mol. The standard InChI is InChI=1S/C20H26N4O/c1-2-16-5-7-18(8-6-16)19-14-22-10-11-24(19)15-20(25)23-13-17-4-3-9-21-12-17/h3-9,12,19,22H,2,10-11,13-15H2,1H3,(H,23,25). The van der Waals surface area contributed by atoms with Crippen LogP contribution in [0.15, 0.2) is 48.8 Å². The Balaban J connectivity index is 1.59. The average molecular weight is 338 g/mol. The van der Waals surface area contributed by atoms with Crippen LogP contribution in [0.5, 0.6) is 0 Å². The van der Waals surface area contributed by atoms with E-state index in [0.29, 0.717) is 13.1 Å². The van der Waals surface area contributed by atoms with Gasteiger partial charge in [-0.25, -0.2) is 0 Å². The normalized spacial score (nSPS) is 18.0. The van der Waals surface area contributed by atoms with Crippen LogP contribution in [0.3, 0.4) is 0 Å². The van der Waals surface area contributed by atoms with Crippen molar-refractivity contribution in [1.82, 2.24) is 20.5 Å². The van der Waals surface area contributed by atoms with E-state index in [1.165, 1.54) is 11.1 Å². The van der Waals surface area contributed by atoms with Crippen LogP contribution < -0.4 is 10.6 Å². The van der Waals surface area contributed by atoms with Gasteiger partial charge in [-0.1, -0.05) is 37.3 Å². The lowest BCUT2D eigenvalue weighted by atomic mass is 10.0. The van der Waals surface area contributed by atoms with Crippen LogP contribution in [0.25, 0.3) is 0 Å². The summed E-state index contributed by atoms with van der Waals surface area (Å²) in [7, 11) is 0. The predicted molar refractivity (Wildman–Crippen MR) is 99.1 cm³/mol. The summed E-state index contributed by atoms with van der Waals surface area (Å²) in [6.07, 6.45) is 4.56. The molecule has 1 amide bonds. The van der Waals surface area contributed by atoms with Crippen LogP contribution in [0.1, 0.15) is 29.7 Å². The molecule has 0 spiro atoms. The first-order valence-corrected chi connectivity index (χ1v) is 8.95. The number of benzene rings is 1. The van der Waals surface area contributed by atoms with Gasteiger partial charge in [0.2, 0.25) is 5.91 Å². The second-order valence-electron chi connectivity index (χ2n) is 6.42. The average Bonchev–Trinajstić information content (AvgIpc) is 2.68. The molecule has 2 heterocycles. The number of nitrogens with one attached hydrogen (secondary N) is 2. The highest BCUT2D eigenvalue weighted by Crippen LogP contribution is 2.22. The predicted octanol–water partition coefficient (Wildman–Crippen LogP) is 1.91. The molecule has 3 rings (SSSR count). The Morgan fingerprint density at radius 1 is 1.28 bits per heavy atom. The molecule has 1 aromatic heterocycles. The molecule has 1 aromatic carbocycles. The number of rotatable bonds is 6. The molecule has 0 bridgehead atoms. The van der Waals surface area contributed by atoms with E-state index < -0.39 is 0 Å². The molecule has 0 saturated carbocycles. The number of nitrogens with zero attached hydrogens (tertiary/aromatic N) is 2. The third kappa shape index (κ3) is 4.87. The number of piperazine rings is 1. The molecule has 1 aliphatic heterocycles. The van der Waals surface area contributed by atoms with E-state index in [0.717, 1.165) is 31.6 Å². The van der Waals surface area contributed by atoms with E-state index in [1.807, 2.05) is 12.1 Å². The van der Waals surface area contributed by atoms with Crippen molar-refractivity contribution >= 4 is 5.91 Å². The Kier molecular flexibility index (Phi) is 6.14. The fourth-order valence-corrected chi connectivity index (χ4v) is 3.18. The van der Waals surface area contributed by atoms with Gasteiger partial charge in [-0.2, -0.15) is 0 Å². The Morgan fingerprint density at radius 2 is 2.12 bits per heavy atom. The van der Waals surface area contributed by atoms with Crippen molar-refractivity contribution in [3.63, 3.8) is 0 Å². The van der Waals surface area contributed by atoms with E-state index in [2.05, 4.69) is 51.7 Å². The van der Waals surface area contributed by atoms with Gasteiger partial charge in [-0.15, -0.1) is 0 Å². The Bertz CT molecular complexity index is 672. The number of hydrogen-bond donors (Lipinski definition) is 2. The van der Waals surface area contributed by atoms with Crippen molar-refractivity contribution in [1.29, 1.82) is 0 Å². The maximum atomic E-state index is 12.4. The summed E-state index contributed by atoms with van der Waals surface area (Å²) in [5, 5.41) is 6.44. The number of aromatic nitrogens is 1. The molecule has 2 aromatic rings. The van der Waals surface area contributed by atoms with E-state index in [9.17, 15) is 4.79 Å². The van der Waals surface area contributed by atoms with Gasteiger partial charge in [0.15, 0.2) is 0 Å². The van der Waals surface area contributed by atoms with Crippen LogP contribution in [-0.2, 0) is 17.8 Å². The SMILES string of the molecule is CCc1ccc(C2CNCCN2CC(=O)NCc2cccnc2)cc1. The summed E-state index contributed by atoms with van der Waals surface area (Å²) in [6, 6.07) is 12.8. The van der Waals surface area contributed by atoms with Crippen LogP contribution in [0.2, 0.25) is 0 Å². The number of pyridine rings is 1. The minimum Gasteiger partial charge on any atom is -0.351 e. The van der Waals surface area contributed by atoms with Crippen molar-refractivity contribution in [2.45, 2.75) is 25.9 Å². The summed E-state index contributed by atoms with van der Waals surface area (Å²) < 4.78 is 0. The minimum absolute atomic E-state index is 0.0564. The molecule has 1 unspecified atom stereocenters. The zero-order valence-electron chi connectivity index (χ0n) is 14.7. The van der Waals surface area contributed by atoms with Crippen molar-refractivity contribution in [3.8, 4) is 0 Å². The number of aryl methyl sites for hydroxylation is 1. The van der Waals surface area contributed by atoms with Crippen molar-refractivity contribution in [2.75, 3.05) is 26.2 Å². The fraction of sp³-hybridized carbons (Fsp3) is 0.400. The summed E-state index contributed by atoms with van der Waals surface area (Å²) in [4.78, 5) is 18.7. The molecule has 132 valence electrons. The Hall–Kier alpha value is -2.24. The molecular formula is C20H26N4O. The van der Waals surface area contributed by atoms with Crippen LogP contribution in [-0.4, -0.2) is 42.0 Å². The van der Waals surface area contributed by atoms with Crippen LogP contribution in [0.4, 0.5) is 0 Å². The van der Waals surface area contributed by atoms with E-state index in [4.69, 9.17) is 0 Å². The summed E-state index contributed by atoms with van der Waals surface area (Å²) in [5.41, 5.74) is 3.63. The van der Waals surface area contributed by atoms with Gasteiger partial charge in [0, 0.05) is 44.6 Å². The topological polar surface area (TPSA) is 57.3 Å². The van der Waals surface area contributed by atoms with Gasteiger partial charge in [0.1, 0.15) is 0 Å². The van der Waals surface area contributed by atoms with Crippen molar-refractivity contribution in [2.24, 2.45) is 0 Å². The Labute approximate surface area is 149 Å². The molecule has 5 heteroatoms. The van der Waals surface area contributed by atoms with Crippen molar-refractivity contribution in [3.05, 3.63) is 65.5 Å². The van der Waals surface area contributed by atoms with Gasteiger partial charge < -0.3 is 10.6 Å². The first-order chi connectivity index (χ1) is 12.3. The van der Waals surface area contributed by atoms with Gasteiger partial charge in [0.05, 0.1) is 6.54 Å². The smallest absolute Gasteiger partial charge is 0.234 e. The van der Waals surface area contributed by atoms with E-state index in [1.54, 1.807) is 12.4 Å². The first-order valence-electron chi connectivity index (χ1n) is 8.95. The van der Waals surface area contributed by atoms with Crippen LogP contribution >= 0.6 is 0 Å². The zero-order chi connectivity index (χ0) is 17.5. The second kappa shape index (κ2) is 8.74. The molecule has 1 saturated heterocycles. The highest BCUT2D eigenvalue weighted by atomic mass is 16.2. The highest BCUT2D eigenvalue weighted by Gasteiger charge is 2.25. The number of amides is 1. The first kappa shape index (κ1) is 17.6. The van der Waals surface area contributed by atoms with Gasteiger partial charge in [-0.05, 0) is 29.2 Å². The maximum Gasteiger partial charge on any atom is 0.234 e. The molecule has 2 N–H and O–H groups in total. The number of carbonyl (C=O) groups excluding carboxylic acids is 1. The van der Waals surface area contributed by atoms with Gasteiger partial charge in [0.25, 0.3) is 0 Å². The zero-order valence-corrected chi connectivity index (χ0v) is 14.7. The molecule has 0 aliphatic carbocycles.